The molecule has 1 aliphatic heterocycles. The largest absolute Gasteiger partial charge is 0.463 e. The Hall–Kier alpha value is -2.57. The molecular formula is C28H35Cl2N3O3. The second-order valence-electron chi connectivity index (χ2n) is 8.93. The van der Waals surface area contributed by atoms with Gasteiger partial charge in [-0.1, -0.05) is 12.5 Å². The van der Waals surface area contributed by atoms with Gasteiger partial charge in [0.15, 0.2) is 0 Å². The lowest BCUT2D eigenvalue weighted by Crippen LogP contribution is -2.38. The Kier molecular flexibility index (Phi) is 12.1. The van der Waals surface area contributed by atoms with Gasteiger partial charge in [0.25, 0.3) is 5.91 Å². The van der Waals surface area contributed by atoms with Gasteiger partial charge >= 0.3 is 5.97 Å². The van der Waals surface area contributed by atoms with Crippen LogP contribution in [0.5, 0.6) is 0 Å². The molecule has 1 aromatic carbocycles. The van der Waals surface area contributed by atoms with Gasteiger partial charge in [0.05, 0.1) is 6.61 Å². The number of ether oxygens (including phenoxy) is 1. The summed E-state index contributed by atoms with van der Waals surface area (Å²) in [6, 6.07) is 11.4. The van der Waals surface area contributed by atoms with Crippen molar-refractivity contribution in [1.29, 1.82) is 0 Å². The van der Waals surface area contributed by atoms with Crippen molar-refractivity contribution >= 4 is 46.8 Å². The zero-order valence-electron chi connectivity index (χ0n) is 20.7. The van der Waals surface area contributed by atoms with E-state index in [2.05, 4.69) is 9.88 Å². The number of benzene rings is 1. The number of amides is 1. The molecule has 0 aliphatic carbocycles. The van der Waals surface area contributed by atoms with Crippen LogP contribution < -0.4 is 4.90 Å². The van der Waals surface area contributed by atoms with Crippen molar-refractivity contribution in [2.24, 2.45) is 5.92 Å². The Morgan fingerprint density at radius 3 is 2.42 bits per heavy atom. The third-order valence-corrected chi connectivity index (χ3v) is 6.78. The number of pyridine rings is 1. The van der Waals surface area contributed by atoms with Crippen LogP contribution in [0, 0.1) is 5.92 Å². The van der Waals surface area contributed by atoms with Crippen LogP contribution in [0.1, 0.15) is 48.0 Å². The molecule has 0 saturated carbocycles. The van der Waals surface area contributed by atoms with Gasteiger partial charge in [0.2, 0.25) is 0 Å². The second kappa shape index (κ2) is 15.5. The van der Waals surface area contributed by atoms with Crippen LogP contribution in [-0.4, -0.2) is 66.3 Å². The molecule has 3 rings (SSSR count). The fourth-order valence-electron chi connectivity index (χ4n) is 4.39. The SMILES string of the molecule is O=C(/C=C/c1cccnc1)OCCCCC1CCN(C(=O)c2ccc(N(CCCl)CCCl)cc2)CC1. The Morgan fingerprint density at radius 1 is 1.06 bits per heavy atom. The number of hydrogen-bond donors (Lipinski definition) is 0. The van der Waals surface area contributed by atoms with Gasteiger partial charge < -0.3 is 14.5 Å². The van der Waals surface area contributed by atoms with Crippen LogP contribution in [0.2, 0.25) is 0 Å². The van der Waals surface area contributed by atoms with E-state index < -0.39 is 0 Å². The quantitative estimate of drug-likeness (QED) is 0.145. The van der Waals surface area contributed by atoms with Crippen molar-refractivity contribution < 1.29 is 14.3 Å². The van der Waals surface area contributed by atoms with Gasteiger partial charge in [-0.3, -0.25) is 9.78 Å². The molecule has 36 heavy (non-hydrogen) atoms. The molecule has 8 heteroatoms. The van der Waals surface area contributed by atoms with Crippen molar-refractivity contribution in [3.05, 3.63) is 66.0 Å². The molecule has 2 aromatic rings. The molecule has 1 fully saturated rings. The molecule has 1 aliphatic rings. The van der Waals surface area contributed by atoms with Crippen molar-refractivity contribution in [3.8, 4) is 0 Å². The number of hydrogen-bond acceptors (Lipinski definition) is 5. The number of nitrogens with zero attached hydrogens (tertiary/aromatic N) is 3. The first kappa shape index (κ1) is 28.0. The minimum absolute atomic E-state index is 0.0903. The Morgan fingerprint density at radius 2 is 1.78 bits per heavy atom. The summed E-state index contributed by atoms with van der Waals surface area (Å²) in [6.45, 7) is 3.44. The lowest BCUT2D eigenvalue weighted by molar-refractivity contribution is -0.137. The van der Waals surface area contributed by atoms with E-state index in [1.54, 1.807) is 18.5 Å². The van der Waals surface area contributed by atoms with E-state index in [4.69, 9.17) is 27.9 Å². The predicted molar refractivity (Wildman–Crippen MR) is 147 cm³/mol. The van der Waals surface area contributed by atoms with Crippen LogP contribution in [0.25, 0.3) is 6.08 Å². The van der Waals surface area contributed by atoms with E-state index >= 15 is 0 Å². The lowest BCUT2D eigenvalue weighted by atomic mass is 9.91. The average Bonchev–Trinajstić information content (AvgIpc) is 2.92. The Balaban J connectivity index is 1.32. The first-order valence-electron chi connectivity index (χ1n) is 12.6. The molecule has 0 unspecified atom stereocenters. The Bertz CT molecular complexity index is 956. The van der Waals surface area contributed by atoms with Crippen LogP contribution in [0.4, 0.5) is 5.69 Å². The summed E-state index contributed by atoms with van der Waals surface area (Å²) < 4.78 is 5.29. The van der Waals surface area contributed by atoms with E-state index in [1.807, 2.05) is 41.3 Å². The lowest BCUT2D eigenvalue weighted by Gasteiger charge is -2.32. The van der Waals surface area contributed by atoms with Gasteiger partial charge in [-0.2, -0.15) is 0 Å². The summed E-state index contributed by atoms with van der Waals surface area (Å²) in [4.78, 5) is 32.9. The number of likely N-dealkylation sites (tertiary alicyclic amines) is 1. The van der Waals surface area contributed by atoms with E-state index in [-0.39, 0.29) is 11.9 Å². The molecule has 0 radical (unpaired) electrons. The minimum atomic E-state index is -0.329. The minimum Gasteiger partial charge on any atom is -0.463 e. The molecule has 194 valence electrons. The highest BCUT2D eigenvalue weighted by Gasteiger charge is 2.23. The van der Waals surface area contributed by atoms with E-state index in [0.717, 1.165) is 69.5 Å². The zero-order valence-corrected chi connectivity index (χ0v) is 22.2. The molecule has 0 atom stereocenters. The molecule has 0 bridgehead atoms. The molecule has 1 aromatic heterocycles. The summed E-state index contributed by atoms with van der Waals surface area (Å²) in [6.07, 6.45) is 11.5. The maximum absolute atomic E-state index is 13.0. The van der Waals surface area contributed by atoms with Gasteiger partial charge in [0, 0.05) is 67.7 Å². The predicted octanol–water partition coefficient (Wildman–Crippen LogP) is 5.64. The van der Waals surface area contributed by atoms with E-state index in [0.29, 0.717) is 29.8 Å². The van der Waals surface area contributed by atoms with Crippen LogP contribution in [-0.2, 0) is 9.53 Å². The van der Waals surface area contributed by atoms with Crippen LogP contribution >= 0.6 is 23.2 Å². The molecular weight excluding hydrogens is 497 g/mol. The second-order valence-corrected chi connectivity index (χ2v) is 9.69. The first-order chi connectivity index (χ1) is 17.6. The van der Waals surface area contributed by atoms with Crippen LogP contribution in [0.3, 0.4) is 0 Å². The maximum atomic E-state index is 13.0. The number of carbonyl (C=O) groups excluding carboxylic acids is 2. The van der Waals surface area contributed by atoms with E-state index in [1.165, 1.54) is 6.08 Å². The molecule has 1 amide bonds. The Labute approximate surface area is 224 Å². The summed E-state index contributed by atoms with van der Waals surface area (Å²) in [7, 11) is 0. The average molecular weight is 533 g/mol. The van der Waals surface area contributed by atoms with Crippen molar-refractivity contribution in [2.75, 3.05) is 49.4 Å². The van der Waals surface area contributed by atoms with Gasteiger partial charge in [-0.05, 0) is 73.6 Å². The smallest absolute Gasteiger partial charge is 0.330 e. The summed E-state index contributed by atoms with van der Waals surface area (Å²) in [5.74, 6) is 1.43. The third-order valence-electron chi connectivity index (χ3n) is 6.44. The number of carbonyl (C=O) groups is 2. The summed E-state index contributed by atoms with van der Waals surface area (Å²) in [5.41, 5.74) is 2.61. The van der Waals surface area contributed by atoms with Gasteiger partial charge in [-0.15, -0.1) is 23.2 Å². The molecule has 1 saturated heterocycles. The third kappa shape index (κ3) is 9.14. The van der Waals surface area contributed by atoms with Gasteiger partial charge in [0.1, 0.15) is 0 Å². The standard InChI is InChI=1S/C28H35Cl2N3O3/c29-14-19-32(20-15-30)26-9-7-25(8-10-26)28(35)33-17-12-23(13-18-33)4-1-2-21-36-27(34)11-6-24-5-3-16-31-22-24/h3,5-11,16,22-23H,1-2,4,12-15,17-21H2/b11-6+. The number of aromatic nitrogens is 1. The number of alkyl halides is 2. The highest BCUT2D eigenvalue weighted by Crippen LogP contribution is 2.24. The van der Waals surface area contributed by atoms with Crippen LogP contribution in [0.15, 0.2) is 54.9 Å². The first-order valence-corrected chi connectivity index (χ1v) is 13.7. The van der Waals surface area contributed by atoms with Crippen molar-refractivity contribution in [2.45, 2.75) is 32.1 Å². The fourth-order valence-corrected chi connectivity index (χ4v) is 4.80. The van der Waals surface area contributed by atoms with Crippen molar-refractivity contribution in [1.82, 2.24) is 9.88 Å². The van der Waals surface area contributed by atoms with E-state index in [9.17, 15) is 9.59 Å². The van der Waals surface area contributed by atoms with Gasteiger partial charge in [-0.25, -0.2) is 4.79 Å². The maximum Gasteiger partial charge on any atom is 0.330 e. The zero-order chi connectivity index (χ0) is 25.6. The topological polar surface area (TPSA) is 62.7 Å². The number of piperidine rings is 1. The molecule has 0 spiro atoms. The highest BCUT2D eigenvalue weighted by atomic mass is 35.5. The number of unbranched alkanes of at least 4 members (excludes halogenated alkanes) is 1. The fraction of sp³-hybridized carbons (Fsp3) is 0.464. The molecule has 6 nitrogen and oxygen atoms in total. The molecule has 0 N–H and O–H groups in total. The normalized spacial score (nSPS) is 14.2. The number of esters is 1. The number of rotatable bonds is 13. The monoisotopic (exact) mass is 531 g/mol. The summed E-state index contributed by atoms with van der Waals surface area (Å²) in [5, 5.41) is 0. The summed E-state index contributed by atoms with van der Waals surface area (Å²) >= 11 is 11.8. The highest BCUT2D eigenvalue weighted by molar-refractivity contribution is 6.18. The number of anilines is 1. The number of halogens is 2. The van der Waals surface area contributed by atoms with Crippen molar-refractivity contribution in [3.63, 3.8) is 0 Å². The molecule has 2 heterocycles.